The molecule has 15 nitrogen and oxygen atoms in total. The maximum atomic E-state index is 12.9. The highest BCUT2D eigenvalue weighted by Gasteiger charge is 2.36. The molecule has 1 atom stereocenters. The Labute approximate surface area is 288 Å². The van der Waals surface area contributed by atoms with E-state index in [4.69, 9.17) is 0 Å². The minimum atomic E-state index is -4.91. The van der Waals surface area contributed by atoms with Crippen LogP contribution in [0.25, 0.3) is 45.1 Å². The Morgan fingerprint density at radius 2 is 1.14 bits per heavy atom. The highest BCUT2D eigenvalue weighted by atomic mass is 32.2. The van der Waals surface area contributed by atoms with E-state index in [0.717, 1.165) is 22.3 Å². The summed E-state index contributed by atoms with van der Waals surface area (Å²) in [6.07, 6.45) is 0.161. The first-order valence-corrected chi connectivity index (χ1v) is 17.0. The number of aryl methyl sites for hydroxylation is 4. The summed E-state index contributed by atoms with van der Waals surface area (Å²) in [4.78, 5) is 73.6. The third-order valence-electron chi connectivity index (χ3n) is 8.82. The van der Waals surface area contributed by atoms with E-state index in [-0.39, 0.29) is 68.7 Å². The van der Waals surface area contributed by atoms with Crippen molar-refractivity contribution in [2.75, 3.05) is 26.2 Å². The van der Waals surface area contributed by atoms with Gasteiger partial charge in [-0.1, -0.05) is 0 Å². The van der Waals surface area contributed by atoms with E-state index < -0.39 is 39.0 Å². The van der Waals surface area contributed by atoms with Crippen molar-refractivity contribution in [2.45, 2.75) is 52.7 Å². The van der Waals surface area contributed by atoms with Gasteiger partial charge in [0, 0.05) is 32.7 Å². The summed E-state index contributed by atoms with van der Waals surface area (Å²) < 4.78 is 55.7. The van der Waals surface area contributed by atoms with Crippen LogP contribution in [0.4, 0.5) is 13.2 Å². The molecule has 2 aromatic carbocycles. The molecule has 0 saturated heterocycles. The van der Waals surface area contributed by atoms with Gasteiger partial charge in [-0.25, -0.2) is 28.5 Å². The molecule has 0 spiro atoms. The number of benzene rings is 2. The van der Waals surface area contributed by atoms with Gasteiger partial charge in [0.25, 0.3) is 11.1 Å². The first kappa shape index (κ1) is 35.7. The fourth-order valence-electron chi connectivity index (χ4n) is 5.92. The van der Waals surface area contributed by atoms with Crippen molar-refractivity contribution in [2.24, 2.45) is 0 Å². The summed E-state index contributed by atoms with van der Waals surface area (Å²) in [6, 6.07) is 7.41. The standard InChI is InChI=1S/C32H33F3N10O5S/c1-16-12-20-22(14-18(16)3)44(26-24(37-20)28(46)41-30(48)39-26)10-8-43(7-5-6-36-51(50)32(33,34)35)9-11-45-23-15-19(4)17(2)13-21(23)38-25-27(45)40-31(49)42-29(25)47/h12-15,36H,5-11H2,1-4H3,(H,41,46,48)(H,42,47,49). The summed E-state index contributed by atoms with van der Waals surface area (Å²) >= 11 is 0. The van der Waals surface area contributed by atoms with Gasteiger partial charge in [-0.3, -0.25) is 24.5 Å². The van der Waals surface area contributed by atoms with Gasteiger partial charge in [-0.2, -0.15) is 23.1 Å². The topological polar surface area (TPSA) is 194 Å². The summed E-state index contributed by atoms with van der Waals surface area (Å²) in [7, 11) is -3.23. The molecule has 51 heavy (non-hydrogen) atoms. The highest BCUT2D eigenvalue weighted by molar-refractivity contribution is 7.83. The number of hydrogen-bond acceptors (Lipinski definition) is 10. The fraction of sp³-hybridized carbons (Fsp3) is 0.375. The average molecular weight is 727 g/mol. The summed E-state index contributed by atoms with van der Waals surface area (Å²) in [5.74, 6) is 0.138. The zero-order valence-corrected chi connectivity index (χ0v) is 28.8. The van der Waals surface area contributed by atoms with E-state index in [1.165, 1.54) is 0 Å². The number of aromatic nitrogens is 8. The average Bonchev–Trinajstić information content (AvgIpc) is 3.04. The molecule has 4 aliphatic rings. The van der Waals surface area contributed by atoms with Gasteiger partial charge < -0.3 is 9.13 Å². The largest absolute Gasteiger partial charge is 0.485 e. The fourth-order valence-corrected chi connectivity index (χ4v) is 6.41. The molecule has 0 aromatic heterocycles. The SMILES string of the molecule is Cc1cc2nc3c(=O)[nH]c(=O)nc-3n(CCN(CCCNS(=O)C(F)(F)F)CCn3c4nc(=O)[nH]c(=O)c-4nc4cc(C)c(C)cc43)c2cc1C. The predicted octanol–water partition coefficient (Wildman–Crippen LogP) is 1.88. The van der Waals surface area contributed by atoms with Gasteiger partial charge in [0.1, 0.15) is 0 Å². The Morgan fingerprint density at radius 3 is 1.57 bits per heavy atom. The number of hydrogen-bond donors (Lipinski definition) is 3. The molecule has 0 amide bonds. The highest BCUT2D eigenvalue weighted by Crippen LogP contribution is 2.26. The zero-order chi connectivity index (χ0) is 36.8. The Bertz CT molecular complexity index is 2350. The van der Waals surface area contributed by atoms with E-state index in [9.17, 15) is 36.6 Å². The number of alkyl halides is 3. The van der Waals surface area contributed by atoms with Gasteiger partial charge >= 0.3 is 16.9 Å². The molecule has 0 radical (unpaired) electrons. The van der Waals surface area contributed by atoms with Crippen LogP contribution in [0.1, 0.15) is 28.7 Å². The van der Waals surface area contributed by atoms with Crippen molar-refractivity contribution in [1.29, 1.82) is 0 Å². The lowest BCUT2D eigenvalue weighted by atomic mass is 10.1. The summed E-state index contributed by atoms with van der Waals surface area (Å²) in [5, 5.41) is 0. The van der Waals surface area contributed by atoms with Crippen LogP contribution in [0.3, 0.4) is 0 Å². The molecule has 1 unspecified atom stereocenters. The molecule has 268 valence electrons. The minimum absolute atomic E-state index is 0.0311. The molecule has 6 rings (SSSR count). The van der Waals surface area contributed by atoms with Crippen LogP contribution in [0.2, 0.25) is 0 Å². The molecule has 4 heterocycles. The molecular formula is C32H33F3N10O5S. The Morgan fingerprint density at radius 1 is 0.706 bits per heavy atom. The van der Waals surface area contributed by atoms with Crippen molar-refractivity contribution >= 4 is 33.1 Å². The van der Waals surface area contributed by atoms with Gasteiger partial charge in [0.05, 0.1) is 22.1 Å². The number of nitrogens with one attached hydrogen (secondary N) is 3. The van der Waals surface area contributed by atoms with Gasteiger partial charge in [-0.05, 0) is 87.2 Å². The van der Waals surface area contributed by atoms with Gasteiger partial charge in [0.2, 0.25) is 0 Å². The first-order chi connectivity index (χ1) is 24.1. The Kier molecular flexibility index (Phi) is 9.71. The van der Waals surface area contributed by atoms with E-state index in [2.05, 4.69) is 29.9 Å². The van der Waals surface area contributed by atoms with E-state index >= 15 is 0 Å². The molecule has 19 heteroatoms. The molecule has 0 fully saturated rings. The molecular weight excluding hydrogens is 693 g/mol. The third kappa shape index (κ3) is 7.35. The first-order valence-electron chi connectivity index (χ1n) is 15.9. The normalized spacial score (nSPS) is 12.9. The lowest BCUT2D eigenvalue weighted by Gasteiger charge is -2.26. The zero-order valence-electron chi connectivity index (χ0n) is 28.0. The molecule has 0 bridgehead atoms. The number of H-pyrrole nitrogens is 2. The van der Waals surface area contributed by atoms with Gasteiger partial charge in [-0.15, -0.1) is 0 Å². The van der Waals surface area contributed by atoms with Gasteiger partial charge in [0.15, 0.2) is 34.0 Å². The number of fused-ring (bicyclic) bond motifs is 4. The number of halogens is 3. The second-order valence-corrected chi connectivity index (χ2v) is 13.6. The molecule has 0 aliphatic carbocycles. The lowest BCUT2D eigenvalue weighted by molar-refractivity contribution is -0.0394. The van der Waals surface area contributed by atoms with Crippen LogP contribution in [0.15, 0.2) is 43.4 Å². The molecule has 0 saturated carbocycles. The maximum Gasteiger partial charge on any atom is 0.485 e. The molecule has 3 N–H and O–H groups in total. The van der Waals surface area contributed by atoms with E-state index in [1.807, 2.05) is 61.6 Å². The van der Waals surface area contributed by atoms with E-state index in [1.54, 1.807) is 9.13 Å². The number of nitrogens with zero attached hydrogens (tertiary/aromatic N) is 7. The van der Waals surface area contributed by atoms with E-state index in [0.29, 0.717) is 22.1 Å². The lowest BCUT2D eigenvalue weighted by Crippen LogP contribution is -2.37. The predicted molar refractivity (Wildman–Crippen MR) is 184 cm³/mol. The molecule has 4 aliphatic heterocycles. The second kappa shape index (κ2) is 13.9. The van der Waals surface area contributed by atoms with Crippen molar-refractivity contribution in [1.82, 2.24) is 48.7 Å². The monoisotopic (exact) mass is 726 g/mol. The van der Waals surface area contributed by atoms with Crippen molar-refractivity contribution in [3.05, 3.63) is 88.2 Å². The third-order valence-corrected chi connectivity index (χ3v) is 9.71. The number of aromatic amines is 2. The van der Waals surface area contributed by atoms with Crippen LogP contribution in [0, 0.1) is 27.7 Å². The van der Waals surface area contributed by atoms with Crippen LogP contribution in [0.5, 0.6) is 0 Å². The second-order valence-electron chi connectivity index (χ2n) is 12.3. The van der Waals surface area contributed by atoms with Crippen LogP contribution in [-0.2, 0) is 24.1 Å². The van der Waals surface area contributed by atoms with Crippen LogP contribution < -0.4 is 27.2 Å². The Hall–Kier alpha value is -5.14. The van der Waals surface area contributed by atoms with Crippen molar-refractivity contribution in [3.8, 4) is 23.0 Å². The number of rotatable bonds is 11. The van der Waals surface area contributed by atoms with Crippen molar-refractivity contribution in [3.63, 3.8) is 0 Å². The summed E-state index contributed by atoms with van der Waals surface area (Å²) in [6.45, 7) is 8.50. The van der Waals surface area contributed by atoms with Crippen LogP contribution >= 0.6 is 0 Å². The molecule has 2 aromatic rings. The summed E-state index contributed by atoms with van der Waals surface area (Å²) in [5.41, 5.74) is -2.08. The maximum absolute atomic E-state index is 12.9. The minimum Gasteiger partial charge on any atom is -0.321 e. The smallest absolute Gasteiger partial charge is 0.321 e. The quantitative estimate of drug-likeness (QED) is 0.131. The Balaban J connectivity index is 1.38. The van der Waals surface area contributed by atoms with Crippen molar-refractivity contribution < 1.29 is 17.4 Å². The van der Waals surface area contributed by atoms with Crippen LogP contribution in [-0.4, -0.2) is 79.8 Å².